The molecule has 0 N–H and O–H groups in total. The van der Waals surface area contributed by atoms with Crippen LogP contribution in [0, 0.1) is 23.2 Å². The lowest BCUT2D eigenvalue weighted by molar-refractivity contribution is -0.190. The van der Waals surface area contributed by atoms with Crippen molar-refractivity contribution in [3.05, 3.63) is 0 Å². The molecule has 2 amide bonds. The van der Waals surface area contributed by atoms with Gasteiger partial charge in [0, 0.05) is 0 Å². The highest BCUT2D eigenvalue weighted by atomic mass is 16.5. The third-order valence-corrected chi connectivity index (χ3v) is 6.92. The predicted octanol–water partition coefficient (Wildman–Crippen LogP) is 2.53. The lowest BCUT2D eigenvalue weighted by Gasteiger charge is -2.61. The van der Waals surface area contributed by atoms with E-state index in [1.54, 1.807) is 6.92 Å². The Morgan fingerprint density at radius 3 is 2.48 bits per heavy atom. The summed E-state index contributed by atoms with van der Waals surface area (Å²) >= 11 is 0. The Kier molecular flexibility index (Phi) is 3.81. The zero-order valence-electron chi connectivity index (χ0n) is 14.6. The number of hydrogen-bond donors (Lipinski definition) is 0. The number of β-lactam (4-membered cyclic amide) rings is 1. The molecular weight excluding hydrogens is 294 g/mol. The van der Waals surface area contributed by atoms with Crippen LogP contribution in [0.2, 0.25) is 0 Å². The maximum absolute atomic E-state index is 12.6. The number of carbonyl (C=O) groups is 3. The number of esters is 1. The molecule has 1 heterocycles. The second kappa shape index (κ2) is 5.32. The maximum atomic E-state index is 12.6. The van der Waals surface area contributed by atoms with Gasteiger partial charge in [0.1, 0.15) is 0 Å². The molecular formula is C18H27NO4. The van der Waals surface area contributed by atoms with Crippen molar-refractivity contribution in [3.8, 4) is 0 Å². The molecule has 1 aliphatic heterocycles. The normalized spacial score (nSPS) is 35.3. The summed E-state index contributed by atoms with van der Waals surface area (Å²) in [6.07, 6.45) is 4.54. The fourth-order valence-corrected chi connectivity index (χ4v) is 5.18. The maximum Gasteiger partial charge on any atom is 0.309 e. The molecule has 128 valence electrons. The number of imide groups is 1. The largest absolute Gasteiger partial charge is 0.455 e. The van der Waals surface area contributed by atoms with Crippen molar-refractivity contribution in [2.75, 3.05) is 6.61 Å². The van der Waals surface area contributed by atoms with Gasteiger partial charge in [-0.25, -0.2) is 0 Å². The molecule has 3 fully saturated rings. The lowest BCUT2D eigenvalue weighted by Crippen LogP contribution is -2.74. The van der Waals surface area contributed by atoms with Crippen LogP contribution in [0.5, 0.6) is 0 Å². The van der Waals surface area contributed by atoms with E-state index in [2.05, 4.69) is 13.8 Å². The van der Waals surface area contributed by atoms with E-state index in [4.69, 9.17) is 4.74 Å². The van der Waals surface area contributed by atoms with Crippen molar-refractivity contribution >= 4 is 17.8 Å². The molecule has 0 aromatic rings. The molecule has 4 atom stereocenters. The van der Waals surface area contributed by atoms with Gasteiger partial charge in [0.2, 0.25) is 5.91 Å². The highest BCUT2D eigenvalue weighted by molar-refractivity contribution is 6.03. The molecule has 3 rings (SSSR count). The molecule has 4 unspecified atom stereocenters. The van der Waals surface area contributed by atoms with Gasteiger partial charge in [-0.1, -0.05) is 27.7 Å². The summed E-state index contributed by atoms with van der Waals surface area (Å²) in [6.45, 7) is 7.75. The number of nitrogens with zero attached hydrogens (tertiary/aromatic N) is 1. The lowest BCUT2D eigenvalue weighted by atomic mass is 9.57. The van der Waals surface area contributed by atoms with Crippen LogP contribution in [-0.2, 0) is 19.1 Å². The fraction of sp³-hybridized carbons (Fsp3) is 0.833. The molecule has 23 heavy (non-hydrogen) atoms. The van der Waals surface area contributed by atoms with Crippen LogP contribution in [0.4, 0.5) is 0 Å². The Morgan fingerprint density at radius 1 is 1.30 bits per heavy atom. The minimum absolute atomic E-state index is 0.0415. The van der Waals surface area contributed by atoms with Crippen LogP contribution in [0.1, 0.15) is 59.8 Å². The van der Waals surface area contributed by atoms with Crippen LogP contribution >= 0.6 is 0 Å². The topological polar surface area (TPSA) is 63.7 Å². The molecule has 1 saturated heterocycles. The van der Waals surface area contributed by atoms with E-state index >= 15 is 0 Å². The van der Waals surface area contributed by atoms with E-state index in [1.807, 2.05) is 6.92 Å². The first-order valence-electron chi connectivity index (χ1n) is 8.78. The number of hydrogen-bond acceptors (Lipinski definition) is 4. The second-order valence-corrected chi connectivity index (χ2v) is 8.07. The van der Waals surface area contributed by atoms with E-state index in [0.717, 1.165) is 12.8 Å². The highest BCUT2D eigenvalue weighted by Gasteiger charge is 2.72. The van der Waals surface area contributed by atoms with Gasteiger partial charge in [-0.15, -0.1) is 0 Å². The van der Waals surface area contributed by atoms with E-state index < -0.39 is 0 Å². The molecule has 0 aromatic carbocycles. The van der Waals surface area contributed by atoms with E-state index in [1.165, 1.54) is 11.3 Å². The minimum atomic E-state index is -0.366. The Balaban J connectivity index is 1.73. The van der Waals surface area contributed by atoms with Gasteiger partial charge in [-0.05, 0) is 42.9 Å². The third-order valence-electron chi connectivity index (χ3n) is 6.92. The summed E-state index contributed by atoms with van der Waals surface area (Å²) in [5, 5.41) is 0. The predicted molar refractivity (Wildman–Crippen MR) is 84.2 cm³/mol. The average molecular weight is 321 g/mol. The number of amides is 2. The molecule has 2 aliphatic carbocycles. The zero-order valence-corrected chi connectivity index (χ0v) is 14.6. The second-order valence-electron chi connectivity index (χ2n) is 8.07. The highest BCUT2D eigenvalue weighted by Crippen LogP contribution is 2.68. The Labute approximate surface area is 137 Å². The Morgan fingerprint density at radius 2 is 1.96 bits per heavy atom. The van der Waals surface area contributed by atoms with Gasteiger partial charge in [-0.2, -0.15) is 0 Å². The minimum Gasteiger partial charge on any atom is -0.455 e. The van der Waals surface area contributed by atoms with Crippen LogP contribution in [-0.4, -0.2) is 34.8 Å². The van der Waals surface area contributed by atoms with Gasteiger partial charge in [0.15, 0.2) is 6.61 Å². The van der Waals surface area contributed by atoms with E-state index in [0.29, 0.717) is 24.7 Å². The summed E-state index contributed by atoms with van der Waals surface area (Å²) in [4.78, 5) is 38.0. The molecule has 5 heteroatoms. The summed E-state index contributed by atoms with van der Waals surface area (Å²) < 4.78 is 5.13. The zero-order chi connectivity index (χ0) is 17.0. The molecule has 0 radical (unpaired) electrons. The molecule has 2 saturated carbocycles. The standard InChI is InChI=1S/C18H27NO4/c1-5-11(2)16(22)23-10-15(21)19-14(20)9-18(19)13-7-6-12(8-13)17(18,3)4/h11-13H,5-10H2,1-4H3. The fourth-order valence-electron chi connectivity index (χ4n) is 5.18. The number of ether oxygens (including phenoxy) is 1. The van der Waals surface area contributed by atoms with Gasteiger partial charge >= 0.3 is 5.97 Å². The molecule has 3 aliphatic rings. The van der Waals surface area contributed by atoms with Crippen LogP contribution in [0.25, 0.3) is 0 Å². The van der Waals surface area contributed by atoms with Crippen molar-refractivity contribution in [2.24, 2.45) is 23.2 Å². The number of rotatable bonds is 4. The van der Waals surface area contributed by atoms with Crippen molar-refractivity contribution in [1.29, 1.82) is 0 Å². The van der Waals surface area contributed by atoms with Crippen molar-refractivity contribution in [2.45, 2.75) is 65.3 Å². The third kappa shape index (κ3) is 2.08. The average Bonchev–Trinajstić information content (AvgIpc) is 3.05. The van der Waals surface area contributed by atoms with Gasteiger partial charge < -0.3 is 4.74 Å². The number of carbonyl (C=O) groups excluding carboxylic acids is 3. The van der Waals surface area contributed by atoms with E-state index in [-0.39, 0.29) is 41.3 Å². The molecule has 2 bridgehead atoms. The van der Waals surface area contributed by atoms with Crippen LogP contribution in [0.3, 0.4) is 0 Å². The number of fused-ring (bicyclic) bond motifs is 3. The Bertz CT molecular complexity index is 555. The summed E-state index contributed by atoms with van der Waals surface area (Å²) in [6, 6.07) is 0. The van der Waals surface area contributed by atoms with Gasteiger partial charge in [0.05, 0.1) is 17.9 Å². The monoisotopic (exact) mass is 321 g/mol. The SMILES string of the molecule is CCC(C)C(=O)OCC(=O)N1C(=O)CC12C1CCC(C1)C2(C)C. The molecule has 1 spiro atoms. The Hall–Kier alpha value is -1.39. The first-order valence-corrected chi connectivity index (χ1v) is 8.78. The van der Waals surface area contributed by atoms with Crippen molar-refractivity contribution in [1.82, 2.24) is 4.90 Å². The summed E-state index contributed by atoms with van der Waals surface area (Å²) in [7, 11) is 0. The van der Waals surface area contributed by atoms with Crippen molar-refractivity contribution < 1.29 is 19.1 Å². The quantitative estimate of drug-likeness (QED) is 0.589. The van der Waals surface area contributed by atoms with Gasteiger partial charge in [0.25, 0.3) is 5.91 Å². The first-order chi connectivity index (χ1) is 10.8. The summed E-state index contributed by atoms with van der Waals surface area (Å²) in [5.41, 5.74) is -0.382. The summed E-state index contributed by atoms with van der Waals surface area (Å²) in [5.74, 6) is -0.0559. The molecule has 5 nitrogen and oxygen atoms in total. The van der Waals surface area contributed by atoms with Crippen molar-refractivity contribution in [3.63, 3.8) is 0 Å². The van der Waals surface area contributed by atoms with Crippen LogP contribution < -0.4 is 0 Å². The number of likely N-dealkylation sites (tertiary alicyclic amines) is 1. The smallest absolute Gasteiger partial charge is 0.309 e. The van der Waals surface area contributed by atoms with E-state index in [9.17, 15) is 14.4 Å². The first kappa shape index (κ1) is 16.5. The molecule has 0 aromatic heterocycles. The van der Waals surface area contributed by atoms with Crippen LogP contribution in [0.15, 0.2) is 0 Å². The van der Waals surface area contributed by atoms with Gasteiger partial charge in [-0.3, -0.25) is 19.3 Å².